The Morgan fingerprint density at radius 1 is 1.06 bits per heavy atom. The van der Waals surface area contributed by atoms with E-state index in [0.29, 0.717) is 5.69 Å². The molecule has 0 saturated carbocycles. The monoisotopic (exact) mass is 418 g/mol. The predicted octanol–water partition coefficient (Wildman–Crippen LogP) is 4.17. The molecule has 0 aliphatic carbocycles. The first-order valence-electron chi connectivity index (χ1n) is 9.57. The summed E-state index contributed by atoms with van der Waals surface area (Å²) in [7, 11) is 0. The van der Waals surface area contributed by atoms with Gasteiger partial charge in [-0.2, -0.15) is 0 Å². The largest absolute Gasteiger partial charge is 0.507 e. The fourth-order valence-electron chi connectivity index (χ4n) is 3.67. The average Bonchev–Trinajstić information content (AvgIpc) is 3.02. The number of carbonyl (C=O) groups excluding carboxylic acids is 2. The normalized spacial score (nSPS) is 17.9. The first-order valence-corrected chi connectivity index (χ1v) is 9.57. The zero-order valence-corrected chi connectivity index (χ0v) is 16.8. The number of amides is 1. The van der Waals surface area contributed by atoms with Crippen LogP contribution < -0.4 is 4.90 Å². The van der Waals surface area contributed by atoms with Crippen LogP contribution in [-0.4, -0.2) is 26.9 Å². The molecule has 1 fully saturated rings. The maximum atomic E-state index is 13.7. The van der Waals surface area contributed by atoms with E-state index in [2.05, 4.69) is 4.98 Å². The highest BCUT2D eigenvalue weighted by Crippen LogP contribution is 2.44. The fourth-order valence-corrected chi connectivity index (χ4v) is 3.67. The van der Waals surface area contributed by atoms with E-state index >= 15 is 0 Å². The Hall–Kier alpha value is -4.00. The second kappa shape index (κ2) is 7.68. The SMILES string of the molecule is Cc1ccc(O)c(N2C(=O)C(=O)/C(=C(\O)c3ccc(F)c(C)c3)C2c2ccccn2)c1. The second-order valence-corrected chi connectivity index (χ2v) is 7.38. The van der Waals surface area contributed by atoms with E-state index in [9.17, 15) is 24.2 Å². The lowest BCUT2D eigenvalue weighted by molar-refractivity contribution is -0.132. The smallest absolute Gasteiger partial charge is 0.300 e. The van der Waals surface area contributed by atoms with Crippen LogP contribution in [-0.2, 0) is 9.59 Å². The van der Waals surface area contributed by atoms with Crippen LogP contribution in [0.2, 0.25) is 0 Å². The van der Waals surface area contributed by atoms with Crippen LogP contribution in [0, 0.1) is 19.7 Å². The van der Waals surface area contributed by atoms with Crippen molar-refractivity contribution in [3.8, 4) is 5.75 Å². The van der Waals surface area contributed by atoms with Crippen molar-refractivity contribution in [1.29, 1.82) is 0 Å². The zero-order valence-electron chi connectivity index (χ0n) is 16.8. The number of pyridine rings is 1. The van der Waals surface area contributed by atoms with Crippen molar-refractivity contribution in [3.63, 3.8) is 0 Å². The molecule has 2 N–H and O–H groups in total. The molecule has 31 heavy (non-hydrogen) atoms. The third kappa shape index (κ3) is 3.44. The highest BCUT2D eigenvalue weighted by Gasteiger charge is 2.48. The topological polar surface area (TPSA) is 90.7 Å². The molecule has 0 spiro atoms. The van der Waals surface area contributed by atoms with Gasteiger partial charge in [-0.3, -0.25) is 19.5 Å². The van der Waals surface area contributed by atoms with Crippen LogP contribution in [0.25, 0.3) is 5.76 Å². The van der Waals surface area contributed by atoms with Crippen molar-refractivity contribution in [1.82, 2.24) is 4.98 Å². The van der Waals surface area contributed by atoms with Crippen LogP contribution >= 0.6 is 0 Å². The van der Waals surface area contributed by atoms with Crippen molar-refractivity contribution in [2.45, 2.75) is 19.9 Å². The van der Waals surface area contributed by atoms with Gasteiger partial charge in [0.05, 0.1) is 17.0 Å². The van der Waals surface area contributed by atoms with Crippen LogP contribution in [0.4, 0.5) is 10.1 Å². The number of rotatable bonds is 3. The maximum Gasteiger partial charge on any atom is 0.300 e. The molecule has 1 amide bonds. The Kier molecular flexibility index (Phi) is 5.02. The van der Waals surface area contributed by atoms with Crippen LogP contribution in [0.1, 0.15) is 28.4 Å². The van der Waals surface area contributed by atoms with E-state index in [1.54, 1.807) is 37.3 Å². The number of aliphatic hydroxyl groups excluding tert-OH is 1. The summed E-state index contributed by atoms with van der Waals surface area (Å²) in [5, 5.41) is 21.4. The molecule has 3 aromatic rings. The minimum atomic E-state index is -1.07. The summed E-state index contributed by atoms with van der Waals surface area (Å²) >= 11 is 0. The van der Waals surface area contributed by atoms with Crippen molar-refractivity contribution in [2.75, 3.05) is 4.90 Å². The van der Waals surface area contributed by atoms with Crippen LogP contribution in [0.3, 0.4) is 0 Å². The van der Waals surface area contributed by atoms with E-state index < -0.39 is 29.3 Å². The van der Waals surface area contributed by atoms with Gasteiger partial charge in [0, 0.05) is 11.8 Å². The molecule has 4 rings (SSSR count). The molecule has 1 atom stereocenters. The number of nitrogens with zero attached hydrogens (tertiary/aromatic N) is 2. The molecule has 0 radical (unpaired) electrons. The zero-order chi connectivity index (χ0) is 22.3. The van der Waals surface area contributed by atoms with Gasteiger partial charge in [-0.1, -0.05) is 12.1 Å². The van der Waals surface area contributed by atoms with E-state index in [0.717, 1.165) is 10.5 Å². The molecule has 2 heterocycles. The van der Waals surface area contributed by atoms with Gasteiger partial charge in [-0.25, -0.2) is 4.39 Å². The lowest BCUT2D eigenvalue weighted by atomic mass is 9.97. The first-order chi connectivity index (χ1) is 14.8. The van der Waals surface area contributed by atoms with Gasteiger partial charge in [-0.05, 0) is 67.4 Å². The summed E-state index contributed by atoms with van der Waals surface area (Å²) in [6.45, 7) is 3.32. The maximum absolute atomic E-state index is 13.7. The van der Waals surface area contributed by atoms with Gasteiger partial charge in [0.1, 0.15) is 23.4 Å². The molecule has 2 aromatic carbocycles. The lowest BCUT2D eigenvalue weighted by Gasteiger charge is -2.25. The Morgan fingerprint density at radius 3 is 2.52 bits per heavy atom. The molecule has 1 aliphatic heterocycles. The molecular formula is C24H19FN2O4. The number of phenolic OH excluding ortho intramolecular Hbond substituents is 1. The number of Topliss-reactive ketones (excluding diaryl/α,β-unsaturated/α-hetero) is 1. The molecule has 1 saturated heterocycles. The van der Waals surface area contributed by atoms with E-state index in [-0.39, 0.29) is 28.1 Å². The number of hydrogen-bond donors (Lipinski definition) is 2. The number of anilines is 1. The summed E-state index contributed by atoms with van der Waals surface area (Å²) in [5.74, 6) is -2.91. The summed E-state index contributed by atoms with van der Waals surface area (Å²) in [6.07, 6.45) is 1.51. The Labute approximate surface area is 177 Å². The number of aryl methyl sites for hydroxylation is 2. The number of carbonyl (C=O) groups is 2. The number of hydrogen-bond acceptors (Lipinski definition) is 5. The van der Waals surface area contributed by atoms with Gasteiger partial charge in [0.25, 0.3) is 11.7 Å². The van der Waals surface area contributed by atoms with Crippen molar-refractivity contribution >= 4 is 23.1 Å². The Morgan fingerprint density at radius 2 is 1.84 bits per heavy atom. The quantitative estimate of drug-likeness (QED) is 0.379. The van der Waals surface area contributed by atoms with Crippen molar-refractivity contribution in [3.05, 3.63) is 94.6 Å². The molecule has 1 unspecified atom stereocenters. The Balaban J connectivity index is 1.98. The highest BCUT2D eigenvalue weighted by atomic mass is 19.1. The molecule has 156 valence electrons. The highest BCUT2D eigenvalue weighted by molar-refractivity contribution is 6.51. The van der Waals surface area contributed by atoms with E-state index in [1.165, 1.54) is 37.4 Å². The van der Waals surface area contributed by atoms with Gasteiger partial charge in [-0.15, -0.1) is 0 Å². The molecule has 1 aromatic heterocycles. The summed E-state index contributed by atoms with van der Waals surface area (Å²) in [5.41, 5.74) is 1.53. The van der Waals surface area contributed by atoms with Crippen molar-refractivity contribution in [2.24, 2.45) is 0 Å². The van der Waals surface area contributed by atoms with Crippen molar-refractivity contribution < 1.29 is 24.2 Å². The summed E-state index contributed by atoms with van der Waals surface area (Å²) in [4.78, 5) is 31.5. The standard InChI is InChI=1S/C24H19FN2O4/c1-13-6-9-19(28)18(11-13)27-21(17-5-3-4-10-26-17)20(23(30)24(27)31)22(29)15-7-8-16(25)14(2)12-15/h3-12,21,28-29H,1-2H3/b22-20-. The summed E-state index contributed by atoms with van der Waals surface area (Å²) in [6, 6.07) is 12.5. The number of aromatic nitrogens is 1. The average molecular weight is 418 g/mol. The van der Waals surface area contributed by atoms with Crippen LogP contribution in [0.15, 0.2) is 66.4 Å². The molecule has 6 nitrogen and oxygen atoms in total. The lowest BCUT2D eigenvalue weighted by Crippen LogP contribution is -2.30. The molecular weight excluding hydrogens is 399 g/mol. The number of ketones is 1. The van der Waals surface area contributed by atoms with E-state index in [1.807, 2.05) is 0 Å². The minimum Gasteiger partial charge on any atom is -0.507 e. The van der Waals surface area contributed by atoms with Gasteiger partial charge in [0.15, 0.2) is 0 Å². The number of phenols is 1. The summed E-state index contributed by atoms with van der Waals surface area (Å²) < 4.78 is 13.7. The van der Waals surface area contributed by atoms with Gasteiger partial charge >= 0.3 is 0 Å². The second-order valence-electron chi connectivity index (χ2n) is 7.38. The number of halogens is 1. The third-order valence-corrected chi connectivity index (χ3v) is 5.23. The predicted molar refractivity (Wildman–Crippen MR) is 113 cm³/mol. The van der Waals surface area contributed by atoms with Gasteiger partial charge < -0.3 is 10.2 Å². The van der Waals surface area contributed by atoms with E-state index in [4.69, 9.17) is 0 Å². The number of benzene rings is 2. The Bertz CT molecular complexity index is 1240. The number of aliphatic hydroxyl groups is 1. The first kappa shape index (κ1) is 20.3. The molecule has 7 heteroatoms. The van der Waals surface area contributed by atoms with Gasteiger partial charge in [0.2, 0.25) is 0 Å². The third-order valence-electron chi connectivity index (χ3n) is 5.23. The molecule has 1 aliphatic rings. The number of aromatic hydroxyl groups is 1. The molecule has 0 bridgehead atoms. The minimum absolute atomic E-state index is 0.132. The van der Waals surface area contributed by atoms with Crippen LogP contribution in [0.5, 0.6) is 5.75 Å². The fraction of sp³-hybridized carbons (Fsp3) is 0.125.